The number of benzene rings is 1. The number of aryl methyl sites for hydroxylation is 2. The number of nitrogens with zero attached hydrogens (tertiary/aromatic N) is 6. The van der Waals surface area contributed by atoms with Crippen LogP contribution in [0, 0.1) is 0 Å². The lowest BCUT2D eigenvalue weighted by Crippen LogP contribution is -2.38. The fourth-order valence-corrected chi connectivity index (χ4v) is 3.97. The molecule has 1 aliphatic rings. The molecule has 1 aromatic carbocycles. The first-order chi connectivity index (χ1) is 15.3. The van der Waals surface area contributed by atoms with Crippen molar-refractivity contribution < 1.29 is 0 Å². The summed E-state index contributed by atoms with van der Waals surface area (Å²) in [6, 6.07) is 10.4. The molecule has 0 spiro atoms. The van der Waals surface area contributed by atoms with Gasteiger partial charge in [0.05, 0.1) is 5.69 Å². The van der Waals surface area contributed by atoms with Gasteiger partial charge in [-0.1, -0.05) is 18.6 Å². The summed E-state index contributed by atoms with van der Waals surface area (Å²) in [5, 5.41) is 19.9. The van der Waals surface area contributed by atoms with Crippen LogP contribution in [0.4, 0.5) is 0 Å². The lowest BCUT2D eigenvalue weighted by molar-refractivity contribution is 0.594. The SMILES string of the molecule is CN=C(NCCCc1nnc2n1CCCCC2)NCCc1ccc(-n2cccn2)cc1.I. The van der Waals surface area contributed by atoms with E-state index in [2.05, 4.69) is 59.8 Å². The molecule has 32 heavy (non-hydrogen) atoms. The van der Waals surface area contributed by atoms with Gasteiger partial charge in [0.25, 0.3) is 0 Å². The summed E-state index contributed by atoms with van der Waals surface area (Å²) >= 11 is 0. The molecular formula is C23H33IN8. The molecule has 0 amide bonds. The lowest BCUT2D eigenvalue weighted by atomic mass is 10.1. The molecular weight excluding hydrogens is 515 g/mol. The van der Waals surface area contributed by atoms with Crippen LogP contribution in [0.3, 0.4) is 0 Å². The number of guanidine groups is 1. The molecule has 0 aliphatic carbocycles. The number of rotatable bonds is 8. The van der Waals surface area contributed by atoms with Crippen LogP contribution in [0.5, 0.6) is 0 Å². The van der Waals surface area contributed by atoms with E-state index in [4.69, 9.17) is 0 Å². The Morgan fingerprint density at radius 2 is 1.88 bits per heavy atom. The van der Waals surface area contributed by atoms with Crippen molar-refractivity contribution in [3.8, 4) is 5.69 Å². The van der Waals surface area contributed by atoms with Crippen LogP contribution in [0.1, 0.15) is 42.9 Å². The summed E-state index contributed by atoms with van der Waals surface area (Å²) in [7, 11) is 1.81. The van der Waals surface area contributed by atoms with Crippen molar-refractivity contribution in [1.29, 1.82) is 0 Å². The summed E-state index contributed by atoms with van der Waals surface area (Å²) in [5.41, 5.74) is 2.36. The van der Waals surface area contributed by atoms with E-state index >= 15 is 0 Å². The Balaban J connectivity index is 0.00000289. The Bertz CT molecular complexity index is 963. The number of nitrogens with one attached hydrogen (secondary N) is 2. The van der Waals surface area contributed by atoms with Crippen LogP contribution >= 0.6 is 24.0 Å². The molecule has 8 nitrogen and oxygen atoms in total. The maximum absolute atomic E-state index is 4.42. The van der Waals surface area contributed by atoms with Crippen LogP contribution in [0.2, 0.25) is 0 Å². The average molecular weight is 548 g/mol. The molecule has 0 fully saturated rings. The molecule has 0 saturated carbocycles. The minimum absolute atomic E-state index is 0. The van der Waals surface area contributed by atoms with E-state index in [-0.39, 0.29) is 24.0 Å². The third-order valence-corrected chi connectivity index (χ3v) is 5.69. The molecule has 0 saturated heterocycles. The highest BCUT2D eigenvalue weighted by Crippen LogP contribution is 2.15. The minimum Gasteiger partial charge on any atom is -0.356 e. The summed E-state index contributed by atoms with van der Waals surface area (Å²) in [4.78, 5) is 4.33. The zero-order valence-electron chi connectivity index (χ0n) is 18.7. The molecule has 2 N–H and O–H groups in total. The summed E-state index contributed by atoms with van der Waals surface area (Å²) in [5.74, 6) is 3.13. The van der Waals surface area contributed by atoms with Gasteiger partial charge in [-0.2, -0.15) is 5.10 Å². The van der Waals surface area contributed by atoms with Crippen molar-refractivity contribution in [2.45, 2.75) is 51.5 Å². The van der Waals surface area contributed by atoms with Gasteiger partial charge < -0.3 is 15.2 Å². The first-order valence-corrected chi connectivity index (χ1v) is 11.3. The number of aliphatic imine (C=N–C) groups is 1. The monoisotopic (exact) mass is 548 g/mol. The van der Waals surface area contributed by atoms with Crippen molar-refractivity contribution in [2.75, 3.05) is 20.1 Å². The molecule has 0 atom stereocenters. The van der Waals surface area contributed by atoms with E-state index in [1.165, 1.54) is 24.8 Å². The number of aromatic nitrogens is 5. The minimum atomic E-state index is 0. The lowest BCUT2D eigenvalue weighted by Gasteiger charge is -2.12. The Hall–Kier alpha value is -2.43. The van der Waals surface area contributed by atoms with E-state index in [1.807, 2.05) is 24.0 Å². The largest absolute Gasteiger partial charge is 0.356 e. The number of halogens is 1. The Morgan fingerprint density at radius 1 is 1.03 bits per heavy atom. The molecule has 2 aromatic heterocycles. The number of fused-ring (bicyclic) bond motifs is 1. The predicted molar refractivity (Wildman–Crippen MR) is 138 cm³/mol. The van der Waals surface area contributed by atoms with Gasteiger partial charge in [0.1, 0.15) is 11.6 Å². The van der Waals surface area contributed by atoms with Crippen LogP contribution < -0.4 is 10.6 Å². The van der Waals surface area contributed by atoms with Crippen molar-refractivity contribution in [3.63, 3.8) is 0 Å². The van der Waals surface area contributed by atoms with E-state index in [0.717, 1.165) is 68.6 Å². The third-order valence-electron chi connectivity index (χ3n) is 5.69. The quantitative estimate of drug-likeness (QED) is 0.196. The Labute approximate surface area is 206 Å². The molecule has 1 aliphatic heterocycles. The van der Waals surface area contributed by atoms with Gasteiger partial charge in [0, 0.05) is 51.9 Å². The maximum Gasteiger partial charge on any atom is 0.190 e. The number of hydrogen-bond acceptors (Lipinski definition) is 4. The highest BCUT2D eigenvalue weighted by molar-refractivity contribution is 14.0. The Morgan fingerprint density at radius 3 is 2.66 bits per heavy atom. The second-order valence-electron chi connectivity index (χ2n) is 7.89. The topological polar surface area (TPSA) is 85.0 Å². The summed E-state index contributed by atoms with van der Waals surface area (Å²) in [6.07, 6.45) is 11.5. The van der Waals surface area contributed by atoms with Gasteiger partial charge in [0.2, 0.25) is 0 Å². The second kappa shape index (κ2) is 12.6. The zero-order valence-corrected chi connectivity index (χ0v) is 21.0. The molecule has 0 bridgehead atoms. The third kappa shape index (κ3) is 6.54. The van der Waals surface area contributed by atoms with E-state index < -0.39 is 0 Å². The summed E-state index contributed by atoms with van der Waals surface area (Å²) < 4.78 is 4.20. The Kier molecular flexibility index (Phi) is 9.51. The van der Waals surface area contributed by atoms with E-state index in [1.54, 1.807) is 6.20 Å². The first kappa shape index (κ1) is 24.2. The molecule has 172 valence electrons. The normalized spacial score (nSPS) is 13.7. The summed E-state index contributed by atoms with van der Waals surface area (Å²) in [6.45, 7) is 2.76. The zero-order chi connectivity index (χ0) is 21.3. The maximum atomic E-state index is 4.42. The highest BCUT2D eigenvalue weighted by Gasteiger charge is 2.14. The fourth-order valence-electron chi connectivity index (χ4n) is 3.97. The second-order valence-corrected chi connectivity index (χ2v) is 7.89. The molecule has 3 aromatic rings. The van der Waals surface area contributed by atoms with Gasteiger partial charge >= 0.3 is 0 Å². The van der Waals surface area contributed by atoms with Crippen LogP contribution in [-0.2, 0) is 25.8 Å². The average Bonchev–Trinajstić information content (AvgIpc) is 3.41. The molecule has 3 heterocycles. The fraction of sp³-hybridized carbons (Fsp3) is 0.478. The van der Waals surface area contributed by atoms with Gasteiger partial charge in [-0.05, 0) is 49.4 Å². The van der Waals surface area contributed by atoms with Crippen LogP contribution in [-0.4, -0.2) is 50.6 Å². The van der Waals surface area contributed by atoms with E-state index in [0.29, 0.717) is 0 Å². The van der Waals surface area contributed by atoms with Crippen LogP contribution in [0.25, 0.3) is 5.69 Å². The molecule has 0 radical (unpaired) electrons. The predicted octanol–water partition coefficient (Wildman–Crippen LogP) is 3.15. The standard InChI is InChI=1S/C23H32N8.HI/c1-24-23(25-14-5-8-22-29-28-21-7-3-2-4-17-30(21)22)26-16-13-19-9-11-20(12-10-19)31-18-6-15-27-31;/h6,9-12,15,18H,2-5,7-8,13-14,16-17H2,1H3,(H2,24,25,26);1H. The van der Waals surface area contributed by atoms with Gasteiger partial charge in [-0.25, -0.2) is 4.68 Å². The van der Waals surface area contributed by atoms with Gasteiger partial charge in [0.15, 0.2) is 5.96 Å². The van der Waals surface area contributed by atoms with Gasteiger partial charge in [-0.3, -0.25) is 4.99 Å². The molecule has 9 heteroatoms. The highest BCUT2D eigenvalue weighted by atomic mass is 127. The van der Waals surface area contributed by atoms with Crippen molar-refractivity contribution in [3.05, 3.63) is 59.9 Å². The van der Waals surface area contributed by atoms with Crippen molar-refractivity contribution in [1.82, 2.24) is 35.2 Å². The van der Waals surface area contributed by atoms with Crippen molar-refractivity contribution in [2.24, 2.45) is 4.99 Å². The van der Waals surface area contributed by atoms with Crippen molar-refractivity contribution >= 4 is 29.9 Å². The molecule has 0 unspecified atom stereocenters. The number of hydrogen-bond donors (Lipinski definition) is 2. The first-order valence-electron chi connectivity index (χ1n) is 11.3. The smallest absolute Gasteiger partial charge is 0.190 e. The van der Waals surface area contributed by atoms with Gasteiger partial charge in [-0.15, -0.1) is 34.2 Å². The van der Waals surface area contributed by atoms with E-state index in [9.17, 15) is 0 Å². The molecule has 4 rings (SSSR count). The van der Waals surface area contributed by atoms with Crippen LogP contribution in [0.15, 0.2) is 47.7 Å².